The van der Waals surface area contributed by atoms with Crippen LogP contribution in [0.15, 0.2) is 18.2 Å². The minimum atomic E-state index is -0.949. The summed E-state index contributed by atoms with van der Waals surface area (Å²) in [5, 5.41) is 5.54. The summed E-state index contributed by atoms with van der Waals surface area (Å²) in [6.45, 7) is 2.79. The third kappa shape index (κ3) is 5.33. The van der Waals surface area contributed by atoms with E-state index < -0.39 is 30.1 Å². The molecule has 146 valence electrons. The van der Waals surface area contributed by atoms with Gasteiger partial charge in [-0.25, -0.2) is 4.79 Å². The Morgan fingerprint density at radius 1 is 1.22 bits per heavy atom. The van der Waals surface area contributed by atoms with Crippen LogP contribution in [0.2, 0.25) is 10.0 Å². The Morgan fingerprint density at radius 2 is 1.85 bits per heavy atom. The molecule has 0 spiro atoms. The van der Waals surface area contributed by atoms with Crippen LogP contribution in [0.25, 0.3) is 0 Å². The van der Waals surface area contributed by atoms with E-state index in [1.807, 2.05) is 0 Å². The number of halogens is 2. The van der Waals surface area contributed by atoms with Gasteiger partial charge in [-0.05, 0) is 32.4 Å². The van der Waals surface area contributed by atoms with Crippen LogP contribution in [-0.4, -0.2) is 47.4 Å². The number of esters is 1. The van der Waals surface area contributed by atoms with Crippen molar-refractivity contribution in [2.24, 2.45) is 0 Å². The first kappa shape index (κ1) is 21.0. The molecule has 2 N–H and O–H groups in total. The zero-order valence-corrected chi connectivity index (χ0v) is 16.3. The zero-order chi connectivity index (χ0) is 20.2. The van der Waals surface area contributed by atoms with Gasteiger partial charge in [-0.1, -0.05) is 29.3 Å². The van der Waals surface area contributed by atoms with Gasteiger partial charge in [-0.15, -0.1) is 0 Å². The van der Waals surface area contributed by atoms with Crippen LogP contribution in [0.5, 0.6) is 0 Å². The van der Waals surface area contributed by atoms with Gasteiger partial charge in [-0.3, -0.25) is 19.3 Å². The smallest absolute Gasteiger partial charge is 0.325 e. The molecule has 1 aliphatic rings. The Bertz CT molecular complexity index is 762. The molecule has 0 unspecified atom stereocenters. The van der Waals surface area contributed by atoms with Crippen LogP contribution in [0.4, 0.5) is 10.5 Å². The SMILES string of the molecule is CC1(C)NC(=O)N(CCCC(=O)OCC(=O)Nc2c(Cl)cccc2Cl)C1=O. The quantitative estimate of drug-likeness (QED) is 0.525. The number of urea groups is 1. The molecule has 8 nitrogen and oxygen atoms in total. The average molecular weight is 416 g/mol. The lowest BCUT2D eigenvalue weighted by Crippen LogP contribution is -2.40. The molecule has 10 heteroatoms. The highest BCUT2D eigenvalue weighted by Crippen LogP contribution is 2.29. The van der Waals surface area contributed by atoms with Gasteiger partial charge in [0.1, 0.15) is 5.54 Å². The number of carbonyl (C=O) groups is 4. The topological polar surface area (TPSA) is 105 Å². The fourth-order valence-electron chi connectivity index (χ4n) is 2.41. The van der Waals surface area contributed by atoms with Crippen LogP contribution in [0.1, 0.15) is 26.7 Å². The first-order chi connectivity index (χ1) is 12.6. The standard InChI is InChI=1S/C17H19Cl2N3O5/c1-17(2)15(25)22(16(26)21-17)8-4-7-13(24)27-9-12(23)20-14-10(18)5-3-6-11(14)19/h3,5-6H,4,7-9H2,1-2H3,(H,20,23)(H,21,26). The first-order valence-corrected chi connectivity index (χ1v) is 8.91. The molecule has 1 aromatic carbocycles. The Hall–Kier alpha value is -2.32. The highest BCUT2D eigenvalue weighted by Gasteiger charge is 2.43. The Kier molecular flexibility index (Phi) is 6.67. The van der Waals surface area contributed by atoms with Crippen molar-refractivity contribution in [2.75, 3.05) is 18.5 Å². The predicted molar refractivity (Wildman–Crippen MR) is 99.6 cm³/mol. The van der Waals surface area contributed by atoms with E-state index in [0.29, 0.717) is 0 Å². The summed E-state index contributed by atoms with van der Waals surface area (Å²) >= 11 is 11.9. The molecule has 1 aliphatic heterocycles. The van der Waals surface area contributed by atoms with E-state index in [4.69, 9.17) is 27.9 Å². The fraction of sp³-hybridized carbons (Fsp3) is 0.412. The summed E-state index contributed by atoms with van der Waals surface area (Å²) in [4.78, 5) is 48.4. The third-order valence-corrected chi connectivity index (χ3v) is 4.43. The number of hydrogen-bond acceptors (Lipinski definition) is 5. The second-order valence-corrected chi connectivity index (χ2v) is 7.24. The van der Waals surface area contributed by atoms with Crippen molar-refractivity contribution in [1.29, 1.82) is 0 Å². The highest BCUT2D eigenvalue weighted by molar-refractivity contribution is 6.39. The molecule has 0 radical (unpaired) electrons. The Balaban J connectivity index is 1.73. The third-order valence-electron chi connectivity index (χ3n) is 3.80. The molecule has 0 atom stereocenters. The minimum absolute atomic E-state index is 0.0440. The number of rotatable bonds is 7. The second kappa shape index (κ2) is 8.58. The van der Waals surface area contributed by atoms with Gasteiger partial charge in [0, 0.05) is 13.0 Å². The molecule has 1 heterocycles. The minimum Gasteiger partial charge on any atom is -0.456 e. The lowest BCUT2D eigenvalue weighted by atomic mass is 10.1. The van der Waals surface area contributed by atoms with Gasteiger partial charge in [0.15, 0.2) is 6.61 Å². The maximum absolute atomic E-state index is 12.0. The molecule has 1 fully saturated rings. The Morgan fingerprint density at radius 3 is 2.41 bits per heavy atom. The number of carbonyl (C=O) groups excluding carboxylic acids is 4. The number of nitrogens with zero attached hydrogens (tertiary/aromatic N) is 1. The van der Waals surface area contributed by atoms with Crippen molar-refractivity contribution in [3.8, 4) is 0 Å². The zero-order valence-electron chi connectivity index (χ0n) is 14.8. The summed E-state index contributed by atoms with van der Waals surface area (Å²) in [5.74, 6) is -1.56. The van der Waals surface area contributed by atoms with Gasteiger partial charge in [0.05, 0.1) is 15.7 Å². The monoisotopic (exact) mass is 415 g/mol. The molecule has 0 aliphatic carbocycles. The van der Waals surface area contributed by atoms with Crippen molar-refractivity contribution in [3.63, 3.8) is 0 Å². The van der Waals surface area contributed by atoms with E-state index in [-0.39, 0.29) is 41.0 Å². The van der Waals surface area contributed by atoms with E-state index in [2.05, 4.69) is 10.6 Å². The van der Waals surface area contributed by atoms with E-state index in [1.165, 1.54) is 0 Å². The first-order valence-electron chi connectivity index (χ1n) is 8.15. The number of anilines is 1. The summed E-state index contributed by atoms with van der Waals surface area (Å²) in [5.41, 5.74) is -0.710. The van der Waals surface area contributed by atoms with Crippen LogP contribution in [-0.2, 0) is 19.1 Å². The number of benzene rings is 1. The van der Waals surface area contributed by atoms with Crippen LogP contribution >= 0.6 is 23.2 Å². The summed E-state index contributed by atoms with van der Waals surface area (Å²) < 4.78 is 4.87. The second-order valence-electron chi connectivity index (χ2n) is 6.42. The Labute approximate surface area is 166 Å². The summed E-state index contributed by atoms with van der Waals surface area (Å²) in [6.07, 6.45) is 0.184. The average Bonchev–Trinajstić information content (AvgIpc) is 2.78. The number of amides is 4. The lowest BCUT2D eigenvalue weighted by Gasteiger charge is -2.15. The van der Waals surface area contributed by atoms with E-state index >= 15 is 0 Å². The number of hydrogen-bond donors (Lipinski definition) is 2. The number of ether oxygens (including phenoxy) is 1. The van der Waals surface area contributed by atoms with Crippen molar-refractivity contribution < 1.29 is 23.9 Å². The van der Waals surface area contributed by atoms with E-state index in [1.54, 1.807) is 32.0 Å². The molecular formula is C17H19Cl2N3O5. The molecule has 0 bridgehead atoms. The number of imide groups is 1. The van der Waals surface area contributed by atoms with Gasteiger partial charge in [0.2, 0.25) is 0 Å². The van der Waals surface area contributed by atoms with Crippen molar-refractivity contribution >= 4 is 52.7 Å². The van der Waals surface area contributed by atoms with Crippen molar-refractivity contribution in [3.05, 3.63) is 28.2 Å². The molecule has 2 rings (SSSR count). The normalized spacial score (nSPS) is 15.5. The van der Waals surface area contributed by atoms with Crippen molar-refractivity contribution in [1.82, 2.24) is 10.2 Å². The number of nitrogens with one attached hydrogen (secondary N) is 2. The van der Waals surface area contributed by atoms with Crippen LogP contribution in [0.3, 0.4) is 0 Å². The van der Waals surface area contributed by atoms with Gasteiger partial charge in [-0.2, -0.15) is 0 Å². The molecule has 1 aromatic rings. The van der Waals surface area contributed by atoms with Crippen LogP contribution in [0, 0.1) is 0 Å². The molecule has 1 saturated heterocycles. The predicted octanol–water partition coefficient (Wildman–Crippen LogP) is 2.59. The molecular weight excluding hydrogens is 397 g/mol. The van der Waals surface area contributed by atoms with Gasteiger partial charge in [0.25, 0.3) is 11.8 Å². The van der Waals surface area contributed by atoms with Crippen molar-refractivity contribution in [2.45, 2.75) is 32.2 Å². The summed E-state index contributed by atoms with van der Waals surface area (Å²) in [6, 6.07) is 4.26. The molecule has 0 aromatic heterocycles. The van der Waals surface area contributed by atoms with Gasteiger partial charge < -0.3 is 15.4 Å². The van der Waals surface area contributed by atoms with E-state index in [9.17, 15) is 19.2 Å². The highest BCUT2D eigenvalue weighted by atomic mass is 35.5. The fourth-order valence-corrected chi connectivity index (χ4v) is 2.91. The largest absolute Gasteiger partial charge is 0.456 e. The number of para-hydroxylation sites is 1. The van der Waals surface area contributed by atoms with Crippen LogP contribution < -0.4 is 10.6 Å². The summed E-state index contributed by atoms with van der Waals surface area (Å²) in [7, 11) is 0. The molecule has 0 saturated carbocycles. The van der Waals surface area contributed by atoms with E-state index in [0.717, 1.165) is 4.90 Å². The molecule has 27 heavy (non-hydrogen) atoms. The maximum Gasteiger partial charge on any atom is 0.325 e. The lowest BCUT2D eigenvalue weighted by molar-refractivity contribution is -0.147. The maximum atomic E-state index is 12.0. The molecule has 4 amide bonds. The van der Waals surface area contributed by atoms with Gasteiger partial charge >= 0.3 is 12.0 Å².